The number of amides is 1. The second-order valence-corrected chi connectivity index (χ2v) is 6.52. The van der Waals surface area contributed by atoms with Crippen molar-refractivity contribution in [3.8, 4) is 0 Å². The molecule has 0 fully saturated rings. The molecule has 6 heteroatoms. The van der Waals surface area contributed by atoms with Crippen molar-refractivity contribution in [3.63, 3.8) is 0 Å². The molecule has 118 valence electrons. The van der Waals surface area contributed by atoms with Crippen molar-refractivity contribution in [2.24, 2.45) is 0 Å². The standard InChI is InChI=1S/C16H22N4OS/c1-10(2)20-13(5)18-19-16(20)22-9-15(21)17-14-8-6-7-11(3)12(14)4/h6-8,10H,9H2,1-5H3,(H,17,21). The van der Waals surface area contributed by atoms with Crippen molar-refractivity contribution < 1.29 is 4.79 Å². The number of aromatic nitrogens is 3. The first-order chi connectivity index (χ1) is 10.4. The summed E-state index contributed by atoms with van der Waals surface area (Å²) in [6, 6.07) is 6.18. The molecule has 0 saturated heterocycles. The lowest BCUT2D eigenvalue weighted by Gasteiger charge is -2.12. The molecule has 2 rings (SSSR count). The van der Waals surface area contributed by atoms with E-state index in [1.807, 2.05) is 43.5 Å². The van der Waals surface area contributed by atoms with Crippen LogP contribution in [0.1, 0.15) is 36.8 Å². The molecule has 1 heterocycles. The van der Waals surface area contributed by atoms with Crippen LogP contribution in [0.4, 0.5) is 5.69 Å². The molecule has 1 amide bonds. The highest BCUT2D eigenvalue weighted by atomic mass is 32.2. The number of hydrogen-bond acceptors (Lipinski definition) is 4. The number of nitrogens with one attached hydrogen (secondary N) is 1. The zero-order valence-corrected chi connectivity index (χ0v) is 14.5. The minimum absolute atomic E-state index is 0.0327. The summed E-state index contributed by atoms with van der Waals surface area (Å²) in [4.78, 5) is 12.1. The van der Waals surface area contributed by atoms with E-state index >= 15 is 0 Å². The Morgan fingerprint density at radius 1 is 1.27 bits per heavy atom. The van der Waals surface area contributed by atoms with E-state index in [-0.39, 0.29) is 11.9 Å². The molecule has 0 aliphatic carbocycles. The monoisotopic (exact) mass is 318 g/mol. The SMILES string of the molecule is Cc1cccc(NC(=O)CSc2nnc(C)n2C(C)C)c1C. The second kappa shape index (κ2) is 6.96. The summed E-state index contributed by atoms with van der Waals surface area (Å²) in [6.07, 6.45) is 0. The van der Waals surface area contributed by atoms with Gasteiger partial charge in [0.15, 0.2) is 5.16 Å². The molecule has 0 spiro atoms. The summed E-state index contributed by atoms with van der Waals surface area (Å²) >= 11 is 1.41. The second-order valence-electron chi connectivity index (χ2n) is 5.58. The smallest absolute Gasteiger partial charge is 0.234 e. The highest BCUT2D eigenvalue weighted by Gasteiger charge is 2.14. The molecule has 22 heavy (non-hydrogen) atoms. The molecule has 1 aromatic heterocycles. The van der Waals surface area contributed by atoms with E-state index in [1.165, 1.54) is 17.3 Å². The van der Waals surface area contributed by atoms with E-state index in [0.29, 0.717) is 5.75 Å². The predicted molar refractivity (Wildman–Crippen MR) is 90.4 cm³/mol. The maximum absolute atomic E-state index is 12.1. The Hall–Kier alpha value is -1.82. The van der Waals surface area contributed by atoms with Gasteiger partial charge in [0.2, 0.25) is 5.91 Å². The van der Waals surface area contributed by atoms with Crippen LogP contribution in [0.3, 0.4) is 0 Å². The first kappa shape index (κ1) is 16.5. The Morgan fingerprint density at radius 2 is 2.00 bits per heavy atom. The number of hydrogen-bond donors (Lipinski definition) is 1. The van der Waals surface area contributed by atoms with Crippen LogP contribution in [0.5, 0.6) is 0 Å². The third-order valence-corrected chi connectivity index (χ3v) is 4.51. The van der Waals surface area contributed by atoms with Crippen LogP contribution in [0, 0.1) is 20.8 Å². The maximum Gasteiger partial charge on any atom is 0.234 e. The quantitative estimate of drug-likeness (QED) is 0.857. The molecule has 2 aromatic rings. The van der Waals surface area contributed by atoms with Crippen LogP contribution in [0.15, 0.2) is 23.4 Å². The summed E-state index contributed by atoms with van der Waals surface area (Å²) in [5, 5.41) is 12.0. The van der Waals surface area contributed by atoms with E-state index < -0.39 is 0 Å². The van der Waals surface area contributed by atoms with Crippen molar-refractivity contribution in [2.75, 3.05) is 11.1 Å². The van der Waals surface area contributed by atoms with E-state index in [1.54, 1.807) is 0 Å². The van der Waals surface area contributed by atoms with Gasteiger partial charge in [-0.2, -0.15) is 0 Å². The van der Waals surface area contributed by atoms with Crippen LogP contribution < -0.4 is 5.32 Å². The number of thioether (sulfide) groups is 1. The number of anilines is 1. The molecular weight excluding hydrogens is 296 g/mol. The topological polar surface area (TPSA) is 59.8 Å². The van der Waals surface area contributed by atoms with E-state index in [4.69, 9.17) is 0 Å². The maximum atomic E-state index is 12.1. The highest BCUT2D eigenvalue weighted by molar-refractivity contribution is 7.99. The molecule has 0 unspecified atom stereocenters. The minimum atomic E-state index is -0.0327. The molecule has 0 bridgehead atoms. The number of aryl methyl sites for hydroxylation is 2. The number of rotatable bonds is 5. The zero-order chi connectivity index (χ0) is 16.3. The lowest BCUT2D eigenvalue weighted by Crippen LogP contribution is -2.16. The van der Waals surface area contributed by atoms with E-state index in [0.717, 1.165) is 22.2 Å². The van der Waals surface area contributed by atoms with E-state index in [2.05, 4.69) is 29.4 Å². The molecule has 5 nitrogen and oxygen atoms in total. The molecule has 0 aliphatic rings. The molecule has 1 aromatic carbocycles. The summed E-state index contributed by atoms with van der Waals surface area (Å²) in [5.41, 5.74) is 3.13. The van der Waals surface area contributed by atoms with Crippen molar-refractivity contribution in [1.82, 2.24) is 14.8 Å². The fourth-order valence-corrected chi connectivity index (χ4v) is 3.16. The van der Waals surface area contributed by atoms with Gasteiger partial charge in [0, 0.05) is 11.7 Å². The summed E-state index contributed by atoms with van der Waals surface area (Å²) in [7, 11) is 0. The van der Waals surface area contributed by atoms with Gasteiger partial charge in [-0.15, -0.1) is 10.2 Å². The van der Waals surface area contributed by atoms with Gasteiger partial charge in [0.1, 0.15) is 5.82 Å². The number of benzene rings is 1. The van der Waals surface area contributed by atoms with Gasteiger partial charge >= 0.3 is 0 Å². The average Bonchev–Trinajstić information content (AvgIpc) is 2.83. The fourth-order valence-electron chi connectivity index (χ4n) is 2.25. The van der Waals surface area contributed by atoms with Crippen LogP contribution in [-0.2, 0) is 4.79 Å². The molecule has 0 aliphatic heterocycles. The normalized spacial score (nSPS) is 11.0. The minimum Gasteiger partial charge on any atom is -0.325 e. The fraction of sp³-hybridized carbons (Fsp3) is 0.438. The van der Waals surface area contributed by atoms with Crippen LogP contribution in [0.2, 0.25) is 0 Å². The Labute approximate surface area is 135 Å². The third kappa shape index (κ3) is 3.68. The van der Waals surface area contributed by atoms with Crippen LogP contribution in [-0.4, -0.2) is 26.4 Å². The summed E-state index contributed by atoms with van der Waals surface area (Å²) in [5.74, 6) is 1.15. The van der Waals surface area contributed by atoms with Crippen LogP contribution >= 0.6 is 11.8 Å². The number of carbonyl (C=O) groups excluding carboxylic acids is 1. The first-order valence-electron chi connectivity index (χ1n) is 7.30. The summed E-state index contributed by atoms with van der Waals surface area (Å²) < 4.78 is 2.04. The predicted octanol–water partition coefficient (Wildman–Crippen LogP) is 3.52. The first-order valence-corrected chi connectivity index (χ1v) is 8.29. The van der Waals surface area contributed by atoms with Crippen LogP contribution in [0.25, 0.3) is 0 Å². The van der Waals surface area contributed by atoms with Gasteiger partial charge in [0.05, 0.1) is 5.75 Å². The van der Waals surface area contributed by atoms with Gasteiger partial charge in [-0.1, -0.05) is 23.9 Å². The number of nitrogens with zero attached hydrogens (tertiary/aromatic N) is 3. The molecule has 1 N–H and O–H groups in total. The molecule has 0 radical (unpaired) electrons. The van der Waals surface area contributed by atoms with E-state index in [9.17, 15) is 4.79 Å². The Morgan fingerprint density at radius 3 is 2.68 bits per heavy atom. The van der Waals surface area contributed by atoms with Gasteiger partial charge in [-0.25, -0.2) is 0 Å². The van der Waals surface area contributed by atoms with Crippen molar-refractivity contribution in [1.29, 1.82) is 0 Å². The zero-order valence-electron chi connectivity index (χ0n) is 13.7. The molecule has 0 atom stereocenters. The van der Waals surface area contributed by atoms with Gasteiger partial charge in [-0.05, 0) is 51.8 Å². The number of carbonyl (C=O) groups is 1. The Balaban J connectivity index is 2.00. The van der Waals surface area contributed by atoms with Crippen molar-refractivity contribution in [2.45, 2.75) is 45.8 Å². The van der Waals surface area contributed by atoms with Crippen molar-refractivity contribution >= 4 is 23.4 Å². The summed E-state index contributed by atoms with van der Waals surface area (Å²) in [6.45, 7) is 10.1. The molecule has 0 saturated carbocycles. The van der Waals surface area contributed by atoms with Gasteiger partial charge < -0.3 is 9.88 Å². The van der Waals surface area contributed by atoms with Crippen molar-refractivity contribution in [3.05, 3.63) is 35.2 Å². The average molecular weight is 318 g/mol. The molecular formula is C16H22N4OS. The Kier molecular flexibility index (Phi) is 5.24. The van der Waals surface area contributed by atoms with Gasteiger partial charge in [-0.3, -0.25) is 4.79 Å². The lowest BCUT2D eigenvalue weighted by molar-refractivity contribution is -0.113. The van der Waals surface area contributed by atoms with Gasteiger partial charge in [0.25, 0.3) is 0 Å². The third-order valence-electron chi connectivity index (χ3n) is 3.56. The lowest BCUT2D eigenvalue weighted by atomic mass is 10.1. The largest absolute Gasteiger partial charge is 0.325 e. The Bertz CT molecular complexity index is 679. The highest BCUT2D eigenvalue weighted by Crippen LogP contribution is 2.22.